The summed E-state index contributed by atoms with van der Waals surface area (Å²) in [4.78, 5) is 2.92. The molecule has 52 valence electrons. The van der Waals surface area contributed by atoms with Crippen LogP contribution >= 0.6 is 0 Å². The first-order chi connectivity index (χ1) is 5.27. The lowest BCUT2D eigenvalue weighted by atomic mass is 9.94. The topological polar surface area (TPSA) is 15.8 Å². The zero-order valence-corrected chi connectivity index (χ0v) is 5.76. The van der Waals surface area contributed by atoms with Crippen molar-refractivity contribution in [3.63, 3.8) is 0 Å². The quantitative estimate of drug-likeness (QED) is 0.534. The summed E-state index contributed by atoms with van der Waals surface area (Å²) >= 11 is 0. The minimum atomic E-state index is -0.297. The molecule has 1 aromatic heterocycles. The Morgan fingerprint density at radius 3 is 3.00 bits per heavy atom. The summed E-state index contributed by atoms with van der Waals surface area (Å²) in [6, 6.07) is 4.54. The van der Waals surface area contributed by atoms with Crippen molar-refractivity contribution in [1.29, 1.82) is 0 Å². The minimum absolute atomic E-state index is 0.297. The summed E-state index contributed by atoms with van der Waals surface area (Å²) in [5.41, 5.74) is 1.25. The molecule has 0 aliphatic heterocycles. The highest BCUT2D eigenvalue weighted by Gasteiger charge is 1.99. The highest BCUT2D eigenvalue weighted by atomic mass is 19.1. The molecule has 0 fully saturated rings. The van der Waals surface area contributed by atoms with Gasteiger partial charge >= 0.3 is 0 Å². The lowest BCUT2D eigenvalue weighted by Crippen LogP contribution is -2.04. The molecule has 1 aromatic carbocycles. The summed E-state index contributed by atoms with van der Waals surface area (Å²) in [5, 5.41) is 0.808. The molecular formula is C8H5BFN. The van der Waals surface area contributed by atoms with E-state index in [0.717, 1.165) is 10.9 Å². The molecule has 0 spiro atoms. The number of hydrogen-bond donors (Lipinski definition) is 1. The second-order valence-electron chi connectivity index (χ2n) is 2.44. The Hall–Kier alpha value is -1.25. The van der Waals surface area contributed by atoms with E-state index in [1.165, 1.54) is 12.1 Å². The van der Waals surface area contributed by atoms with Crippen LogP contribution in [0, 0.1) is 5.82 Å². The van der Waals surface area contributed by atoms with E-state index in [4.69, 9.17) is 7.85 Å². The molecule has 11 heavy (non-hydrogen) atoms. The first-order valence-corrected chi connectivity index (χ1v) is 3.29. The third kappa shape index (κ3) is 0.927. The maximum absolute atomic E-state index is 12.7. The first kappa shape index (κ1) is 6.46. The second-order valence-corrected chi connectivity index (χ2v) is 2.44. The molecule has 0 saturated heterocycles. The molecule has 0 saturated carbocycles. The largest absolute Gasteiger partial charge is 0.362 e. The van der Waals surface area contributed by atoms with Crippen molar-refractivity contribution in [3.05, 3.63) is 30.2 Å². The summed E-state index contributed by atoms with van der Waals surface area (Å²) in [6.45, 7) is 0. The van der Waals surface area contributed by atoms with Crippen molar-refractivity contribution in [1.82, 2.24) is 4.98 Å². The molecule has 0 aliphatic carbocycles. The molecule has 1 N–H and O–H groups in total. The van der Waals surface area contributed by atoms with Gasteiger partial charge in [-0.1, -0.05) is 5.46 Å². The molecule has 2 radical (unpaired) electrons. The Balaban J connectivity index is 2.91. The highest BCUT2D eigenvalue weighted by molar-refractivity contribution is 6.38. The Kier molecular flexibility index (Phi) is 1.25. The number of H-pyrrole nitrogens is 1. The maximum atomic E-state index is 12.7. The molecule has 0 unspecified atom stereocenters. The number of rotatable bonds is 0. The third-order valence-corrected chi connectivity index (χ3v) is 1.65. The molecule has 0 amide bonds. The van der Waals surface area contributed by atoms with Gasteiger partial charge in [-0.15, -0.1) is 0 Å². The standard InChI is InChI=1S/C8H5BFN/c9-7-4-6(10)3-5-1-2-11-8(5)7/h1-4,11H. The lowest BCUT2D eigenvalue weighted by Gasteiger charge is -1.95. The first-order valence-electron chi connectivity index (χ1n) is 3.29. The van der Waals surface area contributed by atoms with E-state index in [1.54, 1.807) is 12.3 Å². The molecule has 0 atom stereocenters. The fourth-order valence-electron chi connectivity index (χ4n) is 1.16. The Morgan fingerprint density at radius 2 is 2.18 bits per heavy atom. The van der Waals surface area contributed by atoms with Crippen molar-refractivity contribution in [2.24, 2.45) is 0 Å². The number of fused-ring (bicyclic) bond motifs is 1. The van der Waals surface area contributed by atoms with Crippen LogP contribution in [0.15, 0.2) is 24.4 Å². The van der Waals surface area contributed by atoms with Crippen molar-refractivity contribution < 1.29 is 4.39 Å². The van der Waals surface area contributed by atoms with E-state index in [2.05, 4.69) is 4.98 Å². The van der Waals surface area contributed by atoms with Gasteiger partial charge in [0.25, 0.3) is 0 Å². The molecule has 2 rings (SSSR count). The number of aromatic nitrogens is 1. The van der Waals surface area contributed by atoms with Crippen molar-refractivity contribution >= 4 is 24.2 Å². The van der Waals surface area contributed by atoms with Gasteiger partial charge in [0.1, 0.15) is 13.7 Å². The monoisotopic (exact) mass is 145 g/mol. The summed E-state index contributed by atoms with van der Waals surface area (Å²) < 4.78 is 12.7. The van der Waals surface area contributed by atoms with Crippen LogP contribution in [0.2, 0.25) is 0 Å². The van der Waals surface area contributed by atoms with Crippen LogP contribution in [0.5, 0.6) is 0 Å². The van der Waals surface area contributed by atoms with E-state index < -0.39 is 0 Å². The van der Waals surface area contributed by atoms with Crippen molar-refractivity contribution in [2.45, 2.75) is 0 Å². The molecular weight excluding hydrogens is 140 g/mol. The number of benzene rings is 1. The number of nitrogens with one attached hydrogen (secondary N) is 1. The van der Waals surface area contributed by atoms with Crippen LogP contribution in [0.3, 0.4) is 0 Å². The molecule has 3 heteroatoms. The average molecular weight is 145 g/mol. The average Bonchev–Trinajstić information content (AvgIpc) is 2.34. The molecule has 1 nitrogen and oxygen atoms in total. The smallest absolute Gasteiger partial charge is 0.123 e. The van der Waals surface area contributed by atoms with Gasteiger partial charge in [0.05, 0.1) is 0 Å². The number of hydrogen-bond acceptors (Lipinski definition) is 0. The Bertz CT molecular complexity index is 394. The lowest BCUT2D eigenvalue weighted by molar-refractivity contribution is 0.630. The summed E-state index contributed by atoms with van der Waals surface area (Å²) in [7, 11) is 5.53. The molecule has 1 heterocycles. The fraction of sp³-hybridized carbons (Fsp3) is 0. The predicted molar refractivity (Wildman–Crippen MR) is 43.6 cm³/mol. The van der Waals surface area contributed by atoms with Gasteiger partial charge in [0, 0.05) is 17.1 Å². The van der Waals surface area contributed by atoms with E-state index in [0.29, 0.717) is 5.46 Å². The summed E-state index contributed by atoms with van der Waals surface area (Å²) in [5.74, 6) is -0.297. The Labute approximate surface area is 64.6 Å². The molecule has 2 aromatic rings. The predicted octanol–water partition coefficient (Wildman–Crippen LogP) is 1.10. The van der Waals surface area contributed by atoms with Gasteiger partial charge < -0.3 is 4.98 Å². The highest BCUT2D eigenvalue weighted by Crippen LogP contribution is 2.10. The van der Waals surface area contributed by atoms with Crippen LogP contribution in [0.4, 0.5) is 4.39 Å². The van der Waals surface area contributed by atoms with Crippen LogP contribution < -0.4 is 5.46 Å². The van der Waals surface area contributed by atoms with Crippen LogP contribution in [0.1, 0.15) is 0 Å². The van der Waals surface area contributed by atoms with Crippen LogP contribution in [-0.4, -0.2) is 12.8 Å². The Morgan fingerprint density at radius 1 is 1.36 bits per heavy atom. The van der Waals surface area contributed by atoms with E-state index in [9.17, 15) is 4.39 Å². The molecule has 0 bridgehead atoms. The number of aromatic amines is 1. The van der Waals surface area contributed by atoms with Crippen LogP contribution in [-0.2, 0) is 0 Å². The van der Waals surface area contributed by atoms with Gasteiger partial charge in [-0.2, -0.15) is 0 Å². The van der Waals surface area contributed by atoms with Gasteiger partial charge in [0.2, 0.25) is 0 Å². The van der Waals surface area contributed by atoms with Crippen molar-refractivity contribution in [3.8, 4) is 0 Å². The minimum Gasteiger partial charge on any atom is -0.362 e. The zero-order valence-electron chi connectivity index (χ0n) is 5.76. The van der Waals surface area contributed by atoms with E-state index in [-0.39, 0.29) is 5.82 Å². The van der Waals surface area contributed by atoms with Crippen LogP contribution in [0.25, 0.3) is 10.9 Å². The summed E-state index contributed by atoms with van der Waals surface area (Å²) in [6.07, 6.45) is 1.74. The SMILES string of the molecule is [B]c1cc(F)cc2cc[nH]c12. The maximum Gasteiger partial charge on any atom is 0.123 e. The van der Waals surface area contributed by atoms with Gasteiger partial charge in [0.15, 0.2) is 0 Å². The fourth-order valence-corrected chi connectivity index (χ4v) is 1.16. The van der Waals surface area contributed by atoms with Gasteiger partial charge in [-0.3, -0.25) is 0 Å². The zero-order chi connectivity index (χ0) is 7.84. The van der Waals surface area contributed by atoms with E-state index in [1.807, 2.05) is 0 Å². The van der Waals surface area contributed by atoms with Gasteiger partial charge in [-0.05, 0) is 18.2 Å². The third-order valence-electron chi connectivity index (χ3n) is 1.65. The van der Waals surface area contributed by atoms with Crippen molar-refractivity contribution in [2.75, 3.05) is 0 Å². The number of halogens is 1. The normalized spacial score (nSPS) is 10.6. The van der Waals surface area contributed by atoms with E-state index >= 15 is 0 Å². The van der Waals surface area contributed by atoms with Gasteiger partial charge in [-0.25, -0.2) is 4.39 Å². The molecule has 0 aliphatic rings. The second kappa shape index (κ2) is 2.12.